The highest BCUT2D eigenvalue weighted by molar-refractivity contribution is 5.84. The molecule has 3 aromatic rings. The molecule has 0 unspecified atom stereocenters. The molecule has 0 amide bonds. The summed E-state index contributed by atoms with van der Waals surface area (Å²) < 4.78 is 8.69. The van der Waals surface area contributed by atoms with Gasteiger partial charge in [0.15, 0.2) is 0 Å². The first-order valence-electron chi connectivity index (χ1n) is 9.52. The zero-order chi connectivity index (χ0) is 19.6. The summed E-state index contributed by atoms with van der Waals surface area (Å²) in [5.74, 6) is -0.743. The van der Waals surface area contributed by atoms with E-state index < -0.39 is 11.9 Å². The van der Waals surface area contributed by atoms with E-state index in [0.29, 0.717) is 23.4 Å². The highest BCUT2D eigenvalue weighted by Gasteiger charge is 2.34. The minimum absolute atomic E-state index is 0.00820. The van der Waals surface area contributed by atoms with E-state index in [1.54, 1.807) is 20.0 Å². The molecular weight excluding hydrogens is 356 g/mol. The van der Waals surface area contributed by atoms with Gasteiger partial charge in [-0.05, 0) is 36.8 Å². The Kier molecular flexibility index (Phi) is 3.59. The smallest absolute Gasteiger partial charge is 0.312 e. The molecule has 6 heteroatoms. The first-order valence-corrected chi connectivity index (χ1v) is 9.52. The van der Waals surface area contributed by atoms with Crippen molar-refractivity contribution in [1.82, 2.24) is 9.13 Å². The molecular formula is C22H20N2O4. The van der Waals surface area contributed by atoms with Crippen LogP contribution < -0.4 is 15.9 Å². The number of rotatable bonds is 1. The molecule has 28 heavy (non-hydrogen) atoms. The van der Waals surface area contributed by atoms with Crippen molar-refractivity contribution in [3.63, 3.8) is 0 Å². The standard InChI is InChI=1S/C22H20N2O4/c1-12-9-17-19(22(27)23(12)2)15(11-18(25)28-17)16-10-14-6-3-5-13-7-4-8-24(20(13)14)21(16)26/h3,5-6,9-10,15H,4,7-8,11H2,1-2H3/t15-/m0/s1. The zero-order valence-electron chi connectivity index (χ0n) is 15.8. The lowest BCUT2D eigenvalue weighted by molar-refractivity contribution is -0.135. The van der Waals surface area contributed by atoms with Crippen molar-refractivity contribution in [1.29, 1.82) is 0 Å². The molecule has 0 N–H and O–H groups in total. The molecule has 0 fully saturated rings. The molecule has 2 aliphatic rings. The summed E-state index contributed by atoms with van der Waals surface area (Å²) in [4.78, 5) is 38.6. The van der Waals surface area contributed by atoms with Crippen molar-refractivity contribution in [2.75, 3.05) is 0 Å². The molecule has 2 aliphatic heterocycles. The Morgan fingerprint density at radius 3 is 2.75 bits per heavy atom. The van der Waals surface area contributed by atoms with Crippen LogP contribution in [0.1, 0.15) is 41.1 Å². The number of carbonyl (C=O) groups excluding carboxylic acids is 1. The lowest BCUT2D eigenvalue weighted by Gasteiger charge is -2.27. The Balaban J connectivity index is 1.83. The Bertz CT molecular complexity index is 1280. The minimum atomic E-state index is -0.596. The molecule has 0 spiro atoms. The number of fused-ring (bicyclic) bond motifs is 1. The van der Waals surface area contributed by atoms with Gasteiger partial charge in [-0.2, -0.15) is 0 Å². The van der Waals surface area contributed by atoms with Gasteiger partial charge in [0.1, 0.15) is 5.75 Å². The normalized spacial score (nSPS) is 18.1. The number of carbonyl (C=O) groups is 1. The van der Waals surface area contributed by atoms with Gasteiger partial charge < -0.3 is 13.9 Å². The van der Waals surface area contributed by atoms with E-state index in [0.717, 1.165) is 23.7 Å². The van der Waals surface area contributed by atoms with E-state index in [1.807, 2.05) is 22.8 Å². The molecule has 4 heterocycles. The number of para-hydroxylation sites is 1. The van der Waals surface area contributed by atoms with Gasteiger partial charge in [-0.25, -0.2) is 0 Å². The van der Waals surface area contributed by atoms with Gasteiger partial charge in [0.2, 0.25) is 0 Å². The highest BCUT2D eigenvalue weighted by Crippen LogP contribution is 2.37. The molecule has 0 saturated heterocycles. The van der Waals surface area contributed by atoms with E-state index in [2.05, 4.69) is 6.07 Å². The maximum absolute atomic E-state index is 13.4. The first-order chi connectivity index (χ1) is 13.5. The Morgan fingerprint density at radius 1 is 1.11 bits per heavy atom. The molecule has 6 nitrogen and oxygen atoms in total. The lowest BCUT2D eigenvalue weighted by Crippen LogP contribution is -2.36. The molecule has 5 rings (SSSR count). The average Bonchev–Trinajstić information content (AvgIpc) is 2.68. The van der Waals surface area contributed by atoms with Crippen molar-refractivity contribution >= 4 is 16.9 Å². The number of benzene rings is 1. The third kappa shape index (κ3) is 2.30. The first kappa shape index (κ1) is 17.0. The summed E-state index contributed by atoms with van der Waals surface area (Å²) in [6.45, 7) is 2.44. The molecule has 1 atom stereocenters. The average molecular weight is 376 g/mol. The fraction of sp³-hybridized carbons (Fsp3) is 0.318. The second-order valence-electron chi connectivity index (χ2n) is 7.67. The Hall–Kier alpha value is -3.15. The maximum atomic E-state index is 13.4. The molecule has 0 radical (unpaired) electrons. The fourth-order valence-corrected chi connectivity index (χ4v) is 4.55. The van der Waals surface area contributed by atoms with E-state index in [-0.39, 0.29) is 23.3 Å². The summed E-state index contributed by atoms with van der Waals surface area (Å²) in [6.07, 6.45) is 1.85. The van der Waals surface area contributed by atoms with Crippen molar-refractivity contribution in [3.8, 4) is 5.75 Å². The van der Waals surface area contributed by atoms with Crippen LogP contribution in [0.2, 0.25) is 0 Å². The monoisotopic (exact) mass is 376 g/mol. The van der Waals surface area contributed by atoms with Crippen molar-refractivity contribution < 1.29 is 9.53 Å². The summed E-state index contributed by atoms with van der Waals surface area (Å²) in [6, 6.07) is 9.59. The Labute approximate surface area is 161 Å². The quantitative estimate of drug-likeness (QED) is 0.612. The van der Waals surface area contributed by atoms with Crippen LogP contribution in [0.4, 0.5) is 0 Å². The van der Waals surface area contributed by atoms with E-state index in [1.165, 1.54) is 10.1 Å². The van der Waals surface area contributed by atoms with Gasteiger partial charge in [0.05, 0.1) is 17.5 Å². The van der Waals surface area contributed by atoms with E-state index >= 15 is 0 Å². The minimum Gasteiger partial charge on any atom is -0.426 e. The van der Waals surface area contributed by atoms with Crippen LogP contribution in [-0.4, -0.2) is 15.1 Å². The number of hydrogen-bond acceptors (Lipinski definition) is 4. The van der Waals surface area contributed by atoms with Crippen LogP contribution in [0.3, 0.4) is 0 Å². The second kappa shape index (κ2) is 5.92. The van der Waals surface area contributed by atoms with Crippen LogP contribution >= 0.6 is 0 Å². The fourth-order valence-electron chi connectivity index (χ4n) is 4.55. The number of hydrogen-bond donors (Lipinski definition) is 0. The summed E-state index contributed by atoms with van der Waals surface area (Å²) in [7, 11) is 1.69. The third-order valence-corrected chi connectivity index (χ3v) is 6.04. The van der Waals surface area contributed by atoms with Crippen molar-refractivity contribution in [2.45, 2.75) is 38.6 Å². The molecule has 0 bridgehead atoms. The van der Waals surface area contributed by atoms with Gasteiger partial charge in [-0.3, -0.25) is 14.4 Å². The van der Waals surface area contributed by atoms with Gasteiger partial charge in [-0.15, -0.1) is 0 Å². The number of aryl methyl sites for hydroxylation is 3. The number of nitrogens with zero attached hydrogens (tertiary/aromatic N) is 2. The largest absolute Gasteiger partial charge is 0.426 e. The van der Waals surface area contributed by atoms with E-state index in [4.69, 9.17) is 4.74 Å². The van der Waals surface area contributed by atoms with Crippen molar-refractivity contribution in [2.24, 2.45) is 7.05 Å². The molecule has 0 saturated carbocycles. The van der Waals surface area contributed by atoms with Gasteiger partial charge >= 0.3 is 5.97 Å². The number of pyridine rings is 2. The topological polar surface area (TPSA) is 70.3 Å². The summed E-state index contributed by atoms with van der Waals surface area (Å²) >= 11 is 0. The Morgan fingerprint density at radius 2 is 1.93 bits per heavy atom. The van der Waals surface area contributed by atoms with Crippen LogP contribution in [-0.2, 0) is 24.8 Å². The number of aromatic nitrogens is 2. The van der Waals surface area contributed by atoms with E-state index in [9.17, 15) is 14.4 Å². The SMILES string of the molecule is Cc1cc2c(c(=O)n1C)[C@H](c1cc3cccc4c3n(c1=O)CCC4)CC(=O)O2. The van der Waals surface area contributed by atoms with Gasteiger partial charge in [-0.1, -0.05) is 18.2 Å². The summed E-state index contributed by atoms with van der Waals surface area (Å²) in [5, 5.41) is 0.969. The van der Waals surface area contributed by atoms with Crippen LogP contribution in [0.25, 0.3) is 10.9 Å². The number of esters is 1. The second-order valence-corrected chi connectivity index (χ2v) is 7.67. The maximum Gasteiger partial charge on any atom is 0.312 e. The predicted octanol–water partition coefficient (Wildman–Crippen LogP) is 2.40. The number of ether oxygens (including phenoxy) is 1. The van der Waals surface area contributed by atoms with Crippen molar-refractivity contribution in [3.05, 3.63) is 73.4 Å². The van der Waals surface area contributed by atoms with Crippen LogP contribution in [0.15, 0.2) is 39.9 Å². The molecule has 142 valence electrons. The highest BCUT2D eigenvalue weighted by atomic mass is 16.5. The van der Waals surface area contributed by atoms with Crippen LogP contribution in [0, 0.1) is 6.92 Å². The molecule has 0 aliphatic carbocycles. The summed E-state index contributed by atoms with van der Waals surface area (Å²) in [5.41, 5.74) is 3.38. The molecule has 1 aromatic carbocycles. The lowest BCUT2D eigenvalue weighted by atomic mass is 9.86. The zero-order valence-corrected chi connectivity index (χ0v) is 15.8. The van der Waals surface area contributed by atoms with Gasteiger partial charge in [0.25, 0.3) is 11.1 Å². The van der Waals surface area contributed by atoms with Crippen LogP contribution in [0.5, 0.6) is 5.75 Å². The van der Waals surface area contributed by atoms with Gasteiger partial charge in [0, 0.05) is 36.8 Å². The predicted molar refractivity (Wildman–Crippen MR) is 105 cm³/mol. The molecule has 2 aromatic heterocycles. The third-order valence-electron chi connectivity index (χ3n) is 6.04.